The lowest BCUT2D eigenvalue weighted by atomic mass is 9.75. The van der Waals surface area contributed by atoms with E-state index in [1.165, 1.54) is 6.20 Å². The molecule has 0 unspecified atom stereocenters. The number of hydrogen-bond acceptors (Lipinski definition) is 6. The summed E-state index contributed by atoms with van der Waals surface area (Å²) < 4.78 is 11.0. The van der Waals surface area contributed by atoms with Gasteiger partial charge in [-0.25, -0.2) is 0 Å². The van der Waals surface area contributed by atoms with Crippen LogP contribution in [0.1, 0.15) is 43.2 Å². The van der Waals surface area contributed by atoms with Crippen LogP contribution in [-0.4, -0.2) is 45.7 Å². The van der Waals surface area contributed by atoms with Crippen molar-refractivity contribution in [3.05, 3.63) is 72.1 Å². The molecule has 172 valence electrons. The van der Waals surface area contributed by atoms with Crippen LogP contribution in [0, 0.1) is 5.41 Å². The molecule has 0 aliphatic carbocycles. The van der Waals surface area contributed by atoms with Gasteiger partial charge in [0, 0.05) is 5.54 Å². The van der Waals surface area contributed by atoms with E-state index in [0.29, 0.717) is 12.8 Å². The highest BCUT2D eigenvalue weighted by Gasteiger charge is 2.46. The predicted octanol–water partition coefficient (Wildman–Crippen LogP) is 3.52. The molecule has 1 aliphatic rings. The number of rotatable bonds is 7. The van der Waals surface area contributed by atoms with Gasteiger partial charge in [0.25, 0.3) is 5.91 Å². The van der Waals surface area contributed by atoms with Crippen LogP contribution in [-0.2, 0) is 20.7 Å². The van der Waals surface area contributed by atoms with E-state index < -0.39 is 17.2 Å². The van der Waals surface area contributed by atoms with Gasteiger partial charge >= 0.3 is 5.97 Å². The third-order valence-corrected chi connectivity index (χ3v) is 5.90. The first-order valence-corrected chi connectivity index (χ1v) is 10.9. The van der Waals surface area contributed by atoms with Crippen LogP contribution < -0.4 is 5.32 Å². The average Bonchev–Trinajstić information content (AvgIpc) is 3.33. The van der Waals surface area contributed by atoms with Gasteiger partial charge in [-0.3, -0.25) is 9.59 Å². The highest BCUT2D eigenvalue weighted by atomic mass is 16.7. The van der Waals surface area contributed by atoms with Crippen LogP contribution in [0.3, 0.4) is 0 Å². The number of amides is 1. The van der Waals surface area contributed by atoms with Crippen molar-refractivity contribution in [1.82, 2.24) is 20.7 Å². The van der Waals surface area contributed by atoms with E-state index in [1.807, 2.05) is 37.3 Å². The topological polar surface area (TPSA) is 106 Å². The Bertz CT molecular complexity index is 1100. The number of nitrogens with zero attached hydrogens (tertiary/aromatic N) is 2. The molecule has 1 amide bonds. The highest BCUT2D eigenvalue weighted by molar-refractivity contribution is 5.92. The average molecular weight is 449 g/mol. The number of nitrogens with one attached hydrogen (secondary N) is 2. The predicted molar refractivity (Wildman–Crippen MR) is 122 cm³/mol. The standard InChI is InChI=1S/C25H28N4O4/c1-17-32-16-24(2,23(31)33-17)15-25(3,27-22(30)21-14-26-29-28-21)13-18-9-11-20(12-10-18)19-7-5-4-6-8-19/h4-12,14,17H,13,15-16H2,1-3H3,(H,27,30)(H,26,28,29)/t17-,24-,25-/m1/s1. The van der Waals surface area contributed by atoms with Crippen molar-refractivity contribution in [3.8, 4) is 11.1 Å². The van der Waals surface area contributed by atoms with Crippen LogP contribution in [0.15, 0.2) is 60.8 Å². The second-order valence-electron chi connectivity index (χ2n) is 9.13. The molecule has 4 rings (SSSR count). The Kier molecular flexibility index (Phi) is 6.29. The summed E-state index contributed by atoms with van der Waals surface area (Å²) >= 11 is 0. The molecule has 3 atom stereocenters. The van der Waals surface area contributed by atoms with Crippen LogP contribution in [0.2, 0.25) is 0 Å². The first-order valence-electron chi connectivity index (χ1n) is 10.9. The van der Waals surface area contributed by atoms with Crippen molar-refractivity contribution in [1.29, 1.82) is 0 Å². The van der Waals surface area contributed by atoms with Gasteiger partial charge in [-0.05, 0) is 50.3 Å². The lowest BCUT2D eigenvalue weighted by Gasteiger charge is -2.41. The highest BCUT2D eigenvalue weighted by Crippen LogP contribution is 2.36. The largest absolute Gasteiger partial charge is 0.436 e. The summed E-state index contributed by atoms with van der Waals surface area (Å²) in [6, 6.07) is 18.3. The summed E-state index contributed by atoms with van der Waals surface area (Å²) in [4.78, 5) is 25.6. The van der Waals surface area contributed by atoms with Crippen LogP contribution in [0.4, 0.5) is 0 Å². The molecule has 3 aromatic rings. The van der Waals surface area contributed by atoms with Gasteiger partial charge < -0.3 is 14.8 Å². The normalized spacial score (nSPS) is 22.3. The SMILES string of the molecule is C[C@@H]1OC[C@@](C)(C[C@@](C)(Cc2ccc(-c3ccccc3)cc2)NC(=O)c2cn[nH]n2)C(=O)O1. The second kappa shape index (κ2) is 9.15. The van der Waals surface area contributed by atoms with Crippen molar-refractivity contribution in [2.24, 2.45) is 5.41 Å². The fourth-order valence-corrected chi connectivity index (χ4v) is 4.37. The number of carbonyl (C=O) groups is 2. The number of carbonyl (C=O) groups excluding carboxylic acids is 2. The molecule has 33 heavy (non-hydrogen) atoms. The number of ether oxygens (including phenoxy) is 2. The second-order valence-corrected chi connectivity index (χ2v) is 9.13. The molecular formula is C25H28N4O4. The fraction of sp³-hybridized carbons (Fsp3) is 0.360. The zero-order chi connectivity index (χ0) is 23.5. The maximum absolute atomic E-state index is 12.8. The van der Waals surface area contributed by atoms with E-state index in [-0.39, 0.29) is 24.2 Å². The molecule has 1 saturated heterocycles. The minimum absolute atomic E-state index is 0.182. The quantitative estimate of drug-likeness (QED) is 0.536. The maximum Gasteiger partial charge on any atom is 0.316 e. The minimum Gasteiger partial charge on any atom is -0.436 e. The lowest BCUT2D eigenvalue weighted by Crippen LogP contribution is -2.55. The molecule has 0 bridgehead atoms. The van der Waals surface area contributed by atoms with E-state index in [0.717, 1.165) is 16.7 Å². The first-order chi connectivity index (χ1) is 15.8. The zero-order valence-corrected chi connectivity index (χ0v) is 19.0. The molecular weight excluding hydrogens is 420 g/mol. The molecule has 1 aliphatic heterocycles. The third-order valence-electron chi connectivity index (χ3n) is 5.90. The molecule has 0 saturated carbocycles. The Labute approximate surface area is 192 Å². The summed E-state index contributed by atoms with van der Waals surface area (Å²) in [7, 11) is 0. The molecule has 8 heteroatoms. The van der Waals surface area contributed by atoms with E-state index in [2.05, 4.69) is 45.0 Å². The molecule has 2 heterocycles. The number of hydrogen-bond donors (Lipinski definition) is 2. The smallest absolute Gasteiger partial charge is 0.316 e. The van der Waals surface area contributed by atoms with Crippen molar-refractivity contribution in [2.75, 3.05) is 6.61 Å². The van der Waals surface area contributed by atoms with Crippen molar-refractivity contribution in [3.63, 3.8) is 0 Å². The Balaban J connectivity index is 1.58. The number of aromatic nitrogens is 3. The summed E-state index contributed by atoms with van der Waals surface area (Å²) in [6.45, 7) is 5.64. The molecule has 1 aromatic heterocycles. The number of cyclic esters (lactones) is 1. The van der Waals surface area contributed by atoms with Crippen LogP contribution in [0.5, 0.6) is 0 Å². The minimum atomic E-state index is -0.900. The van der Waals surface area contributed by atoms with E-state index in [4.69, 9.17) is 9.47 Å². The number of benzene rings is 2. The van der Waals surface area contributed by atoms with E-state index in [1.54, 1.807) is 13.8 Å². The van der Waals surface area contributed by atoms with Gasteiger partial charge in [-0.2, -0.15) is 15.4 Å². The summed E-state index contributed by atoms with van der Waals surface area (Å²) in [5, 5.41) is 13.1. The molecule has 8 nitrogen and oxygen atoms in total. The summed E-state index contributed by atoms with van der Waals surface area (Å²) in [5.41, 5.74) is 1.78. The van der Waals surface area contributed by atoms with Gasteiger partial charge in [0.05, 0.1) is 18.2 Å². The molecule has 1 fully saturated rings. The summed E-state index contributed by atoms with van der Waals surface area (Å²) in [5.74, 6) is -0.697. The molecule has 0 radical (unpaired) electrons. The third kappa shape index (κ3) is 5.28. The van der Waals surface area contributed by atoms with E-state index >= 15 is 0 Å². The fourth-order valence-electron chi connectivity index (χ4n) is 4.37. The van der Waals surface area contributed by atoms with Gasteiger partial charge in [-0.1, -0.05) is 54.6 Å². The number of esters is 1. The van der Waals surface area contributed by atoms with Gasteiger partial charge in [0.1, 0.15) is 0 Å². The first kappa shape index (κ1) is 22.7. The Morgan fingerprint density at radius 1 is 1.18 bits per heavy atom. The van der Waals surface area contributed by atoms with Gasteiger partial charge in [0.15, 0.2) is 12.0 Å². The van der Waals surface area contributed by atoms with Gasteiger partial charge in [0.2, 0.25) is 0 Å². The van der Waals surface area contributed by atoms with Crippen molar-refractivity contribution >= 4 is 11.9 Å². The maximum atomic E-state index is 12.8. The van der Waals surface area contributed by atoms with Crippen LogP contribution >= 0.6 is 0 Å². The van der Waals surface area contributed by atoms with Crippen molar-refractivity contribution < 1.29 is 19.1 Å². The van der Waals surface area contributed by atoms with Crippen LogP contribution in [0.25, 0.3) is 11.1 Å². The zero-order valence-electron chi connectivity index (χ0n) is 19.0. The monoisotopic (exact) mass is 448 g/mol. The number of H-pyrrole nitrogens is 1. The Hall–Kier alpha value is -3.52. The van der Waals surface area contributed by atoms with Crippen molar-refractivity contribution in [2.45, 2.75) is 45.4 Å². The van der Waals surface area contributed by atoms with E-state index in [9.17, 15) is 9.59 Å². The lowest BCUT2D eigenvalue weighted by molar-refractivity contribution is -0.221. The molecule has 2 aromatic carbocycles. The molecule has 2 N–H and O–H groups in total. The Morgan fingerprint density at radius 2 is 1.88 bits per heavy atom. The number of aromatic amines is 1. The molecule has 0 spiro atoms. The summed E-state index contributed by atoms with van der Waals surface area (Å²) in [6.07, 6.45) is 1.62. The Morgan fingerprint density at radius 3 is 2.52 bits per heavy atom. The van der Waals surface area contributed by atoms with Gasteiger partial charge in [-0.15, -0.1) is 0 Å².